The largest absolute Gasteiger partial charge is 0.356 e. The quantitative estimate of drug-likeness (QED) is 0.243. The molecule has 1 amide bonds. The predicted octanol–water partition coefficient (Wildman–Crippen LogP) is 3.09. The maximum atomic E-state index is 12.7. The van der Waals surface area contributed by atoms with Crippen molar-refractivity contribution in [1.29, 1.82) is 0 Å². The summed E-state index contributed by atoms with van der Waals surface area (Å²) in [5.41, 5.74) is 0. The molecule has 0 bridgehead atoms. The molecule has 0 spiro atoms. The second-order valence-electron chi connectivity index (χ2n) is 8.55. The second kappa shape index (κ2) is 12.5. The molecule has 30 heavy (non-hydrogen) atoms. The van der Waals surface area contributed by atoms with Crippen molar-refractivity contribution in [2.45, 2.75) is 77.2 Å². The Balaban J connectivity index is 0.00000320. The van der Waals surface area contributed by atoms with Crippen LogP contribution >= 0.6 is 24.0 Å². The highest BCUT2D eigenvalue weighted by Gasteiger charge is 2.31. The zero-order chi connectivity index (χ0) is 20.6. The minimum atomic E-state index is 0. The summed E-state index contributed by atoms with van der Waals surface area (Å²) in [6, 6.07) is 0.262. The summed E-state index contributed by atoms with van der Waals surface area (Å²) in [5.74, 6) is 3.13. The number of hydrogen-bond donors (Lipinski definition) is 2. The Labute approximate surface area is 197 Å². The molecule has 8 nitrogen and oxygen atoms in total. The lowest BCUT2D eigenvalue weighted by atomic mass is 9.88. The lowest BCUT2D eigenvalue weighted by molar-refractivity contribution is -0.135. The van der Waals surface area contributed by atoms with Gasteiger partial charge in [0.15, 0.2) is 11.8 Å². The number of carbonyl (C=O) groups is 1. The first-order chi connectivity index (χ1) is 14.1. The van der Waals surface area contributed by atoms with Gasteiger partial charge in [-0.05, 0) is 25.7 Å². The van der Waals surface area contributed by atoms with Crippen LogP contribution in [0.15, 0.2) is 9.52 Å². The molecule has 2 aliphatic rings. The molecular weight excluding hydrogens is 495 g/mol. The summed E-state index contributed by atoms with van der Waals surface area (Å²) >= 11 is 0. The number of rotatable bonds is 7. The zero-order valence-electron chi connectivity index (χ0n) is 18.5. The molecule has 1 saturated heterocycles. The Hall–Kier alpha value is -1.39. The van der Waals surface area contributed by atoms with Gasteiger partial charge >= 0.3 is 0 Å². The third-order valence-corrected chi connectivity index (χ3v) is 5.88. The highest BCUT2D eigenvalue weighted by Crippen LogP contribution is 2.26. The van der Waals surface area contributed by atoms with Gasteiger partial charge in [-0.15, -0.1) is 24.0 Å². The summed E-state index contributed by atoms with van der Waals surface area (Å²) in [6.07, 6.45) is 8.41. The predicted molar refractivity (Wildman–Crippen MR) is 128 cm³/mol. The molecule has 3 rings (SSSR count). The first-order valence-electron chi connectivity index (χ1n) is 11.1. The monoisotopic (exact) mass is 532 g/mol. The first kappa shape index (κ1) is 24.9. The topological polar surface area (TPSA) is 95.7 Å². The average molecular weight is 532 g/mol. The van der Waals surface area contributed by atoms with Crippen LogP contribution in [-0.2, 0) is 11.2 Å². The maximum Gasteiger partial charge on any atom is 0.226 e. The number of carbonyl (C=O) groups excluding carboxylic acids is 1. The molecule has 1 atom stereocenters. The number of guanidine groups is 1. The van der Waals surface area contributed by atoms with Crippen LogP contribution in [0, 0.1) is 5.92 Å². The van der Waals surface area contributed by atoms with Gasteiger partial charge in [-0.25, -0.2) is 0 Å². The molecule has 2 N–H and O–H groups in total. The number of halogens is 1. The molecule has 0 radical (unpaired) electrons. The Bertz CT molecular complexity index is 687. The summed E-state index contributed by atoms with van der Waals surface area (Å²) in [6.45, 7) is 6.50. The molecule has 9 heteroatoms. The molecule has 1 saturated carbocycles. The van der Waals surface area contributed by atoms with Crippen molar-refractivity contribution in [2.75, 3.05) is 26.7 Å². The van der Waals surface area contributed by atoms with E-state index in [2.05, 4.69) is 39.6 Å². The van der Waals surface area contributed by atoms with Crippen LogP contribution in [0.3, 0.4) is 0 Å². The number of likely N-dealkylation sites (tertiary alicyclic amines) is 1. The van der Waals surface area contributed by atoms with Gasteiger partial charge in [0.1, 0.15) is 0 Å². The summed E-state index contributed by atoms with van der Waals surface area (Å²) in [5, 5.41) is 10.8. The van der Waals surface area contributed by atoms with Crippen LogP contribution in [0.1, 0.15) is 76.4 Å². The zero-order valence-corrected chi connectivity index (χ0v) is 20.9. The van der Waals surface area contributed by atoms with Gasteiger partial charge in [0.2, 0.25) is 11.8 Å². The van der Waals surface area contributed by atoms with Gasteiger partial charge < -0.3 is 20.1 Å². The molecule has 170 valence electrons. The Morgan fingerprint density at radius 1 is 1.27 bits per heavy atom. The average Bonchev–Trinajstić information content (AvgIpc) is 3.40. The van der Waals surface area contributed by atoms with E-state index in [1.807, 2.05) is 4.90 Å². The smallest absolute Gasteiger partial charge is 0.226 e. The SMILES string of the molecule is CN=C(NCCCc1nc(C(C)C)no1)NC1CCN(C(=O)C2CCCCC2)C1.I. The van der Waals surface area contributed by atoms with Crippen molar-refractivity contribution in [3.63, 3.8) is 0 Å². The van der Waals surface area contributed by atoms with Crippen LogP contribution < -0.4 is 10.6 Å². The fraction of sp³-hybridized carbons (Fsp3) is 0.810. The number of nitrogens with one attached hydrogen (secondary N) is 2. The van der Waals surface area contributed by atoms with Crippen molar-refractivity contribution in [3.8, 4) is 0 Å². The van der Waals surface area contributed by atoms with Crippen molar-refractivity contribution >= 4 is 35.8 Å². The van der Waals surface area contributed by atoms with Crippen LogP contribution in [0.4, 0.5) is 0 Å². The molecule has 2 fully saturated rings. The van der Waals surface area contributed by atoms with E-state index in [-0.39, 0.29) is 41.9 Å². The van der Waals surface area contributed by atoms with Gasteiger partial charge in [-0.1, -0.05) is 38.3 Å². The van der Waals surface area contributed by atoms with Crippen LogP contribution in [0.5, 0.6) is 0 Å². The van der Waals surface area contributed by atoms with E-state index in [0.29, 0.717) is 11.8 Å². The number of aromatic nitrogens is 2. The van der Waals surface area contributed by atoms with E-state index >= 15 is 0 Å². The van der Waals surface area contributed by atoms with Gasteiger partial charge in [-0.2, -0.15) is 4.98 Å². The number of hydrogen-bond acceptors (Lipinski definition) is 5. The molecule has 1 aliphatic carbocycles. The maximum absolute atomic E-state index is 12.7. The number of nitrogens with zero attached hydrogens (tertiary/aromatic N) is 4. The molecule has 1 aromatic heterocycles. The van der Waals surface area contributed by atoms with Crippen LogP contribution in [0.2, 0.25) is 0 Å². The second-order valence-corrected chi connectivity index (χ2v) is 8.55. The van der Waals surface area contributed by atoms with Crippen molar-refractivity contribution in [2.24, 2.45) is 10.9 Å². The highest BCUT2D eigenvalue weighted by atomic mass is 127. The summed E-state index contributed by atoms with van der Waals surface area (Å²) in [7, 11) is 1.78. The summed E-state index contributed by atoms with van der Waals surface area (Å²) < 4.78 is 5.28. The van der Waals surface area contributed by atoms with Crippen molar-refractivity contribution < 1.29 is 9.32 Å². The van der Waals surface area contributed by atoms with Gasteiger partial charge in [0.05, 0.1) is 0 Å². The van der Waals surface area contributed by atoms with Crippen molar-refractivity contribution in [3.05, 3.63) is 11.7 Å². The number of aliphatic imine (C=N–C) groups is 1. The Kier molecular flexibility index (Phi) is 10.3. The van der Waals surface area contributed by atoms with Crippen LogP contribution in [-0.4, -0.2) is 59.6 Å². The van der Waals surface area contributed by atoms with Gasteiger partial charge in [-0.3, -0.25) is 9.79 Å². The van der Waals surface area contributed by atoms with E-state index in [4.69, 9.17) is 4.52 Å². The summed E-state index contributed by atoms with van der Waals surface area (Å²) in [4.78, 5) is 23.5. The molecule has 2 heterocycles. The molecule has 0 aromatic carbocycles. The highest BCUT2D eigenvalue weighted by molar-refractivity contribution is 14.0. The van der Waals surface area contributed by atoms with E-state index in [1.54, 1.807) is 7.05 Å². The molecular formula is C21H37IN6O2. The normalized spacial score (nSPS) is 20.3. The Morgan fingerprint density at radius 3 is 2.70 bits per heavy atom. The van der Waals surface area contributed by atoms with E-state index < -0.39 is 0 Å². The lowest BCUT2D eigenvalue weighted by Crippen LogP contribution is -2.45. The fourth-order valence-electron chi connectivity index (χ4n) is 4.12. The minimum Gasteiger partial charge on any atom is -0.356 e. The standard InChI is InChI=1S/C21H36N6O2.HI/c1-15(2)19-25-18(29-26-19)10-7-12-23-21(22-3)24-17-11-13-27(14-17)20(28)16-8-5-4-6-9-16;/h15-17H,4-14H2,1-3H3,(H2,22,23,24);1H. The van der Waals surface area contributed by atoms with E-state index in [9.17, 15) is 4.79 Å². The minimum absolute atomic E-state index is 0. The number of amides is 1. The first-order valence-corrected chi connectivity index (χ1v) is 11.1. The van der Waals surface area contributed by atoms with E-state index in [1.165, 1.54) is 19.3 Å². The van der Waals surface area contributed by atoms with Crippen molar-refractivity contribution in [1.82, 2.24) is 25.7 Å². The third-order valence-electron chi connectivity index (χ3n) is 5.88. The third kappa shape index (κ3) is 7.09. The van der Waals surface area contributed by atoms with Crippen LogP contribution in [0.25, 0.3) is 0 Å². The van der Waals surface area contributed by atoms with Gasteiger partial charge in [0, 0.05) is 51.0 Å². The van der Waals surface area contributed by atoms with E-state index in [0.717, 1.165) is 63.5 Å². The van der Waals surface area contributed by atoms with Gasteiger partial charge in [0.25, 0.3) is 0 Å². The molecule has 1 unspecified atom stereocenters. The fourth-order valence-corrected chi connectivity index (χ4v) is 4.12. The lowest BCUT2D eigenvalue weighted by Gasteiger charge is -2.26. The number of aryl methyl sites for hydroxylation is 1. The molecule has 1 aliphatic heterocycles. The molecule has 1 aromatic rings. The Morgan fingerprint density at radius 2 is 2.03 bits per heavy atom.